The van der Waals surface area contributed by atoms with Crippen molar-refractivity contribution in [2.75, 3.05) is 0 Å². The lowest BCUT2D eigenvalue weighted by Gasteiger charge is -2.26. The second-order valence-electron chi connectivity index (χ2n) is 6.40. The van der Waals surface area contributed by atoms with Crippen LogP contribution in [0.25, 0.3) is 16.3 Å². The van der Waals surface area contributed by atoms with Crippen LogP contribution >= 0.6 is 0 Å². The third kappa shape index (κ3) is 3.02. The second-order valence-corrected chi connectivity index (χ2v) is 6.40. The Morgan fingerprint density at radius 2 is 1.03 bits per heavy atom. The minimum Gasteiger partial charge on any atom is -0.481 e. The Labute approximate surface area is 169 Å². The topological polar surface area (TPSA) is 224 Å². The Hall–Kier alpha value is -4.74. The maximum Gasteiger partial charge on any atom is 0.336 e. The molecule has 0 amide bonds. The largest absolute Gasteiger partial charge is 0.481 e. The molecule has 158 valence electrons. The van der Waals surface area contributed by atoms with Gasteiger partial charge in [0.25, 0.3) is 0 Å². The highest BCUT2D eigenvalue weighted by atomic mass is 16.4. The number of carboxylic acid groups (broad SMARTS) is 6. The van der Waals surface area contributed by atoms with Crippen LogP contribution in [0.3, 0.4) is 0 Å². The van der Waals surface area contributed by atoms with Crippen molar-refractivity contribution in [1.82, 2.24) is 0 Å². The van der Waals surface area contributed by atoms with E-state index in [2.05, 4.69) is 0 Å². The summed E-state index contributed by atoms with van der Waals surface area (Å²) in [5.74, 6) is -12.6. The fourth-order valence-corrected chi connectivity index (χ4v) is 3.65. The summed E-state index contributed by atoms with van der Waals surface area (Å²) in [5.41, 5.74) is -5.62. The SMILES string of the molecule is O=C(O)C1=CC(C(=O)O)c2c(C(=O)O)cc(C(=O)O)c3c(C(=O)O)cc(C(=O)O)c1c23. The normalized spacial score (nSPS) is 14.6. The number of benzene rings is 2. The van der Waals surface area contributed by atoms with E-state index in [4.69, 9.17) is 0 Å². The summed E-state index contributed by atoms with van der Waals surface area (Å²) in [6.45, 7) is 0. The lowest BCUT2D eigenvalue weighted by atomic mass is 9.75. The van der Waals surface area contributed by atoms with E-state index in [0.717, 1.165) is 0 Å². The van der Waals surface area contributed by atoms with Gasteiger partial charge in [0.1, 0.15) is 5.92 Å². The number of hydrogen-bond donors (Lipinski definition) is 6. The maximum absolute atomic E-state index is 11.8. The lowest BCUT2D eigenvalue weighted by Crippen LogP contribution is -2.23. The Morgan fingerprint density at radius 3 is 1.42 bits per heavy atom. The van der Waals surface area contributed by atoms with Gasteiger partial charge in [0.2, 0.25) is 0 Å². The van der Waals surface area contributed by atoms with Gasteiger partial charge in [0.05, 0.1) is 27.8 Å². The van der Waals surface area contributed by atoms with Crippen molar-refractivity contribution in [3.8, 4) is 0 Å². The fraction of sp³-hybridized carbons (Fsp3) is 0.0526. The smallest absolute Gasteiger partial charge is 0.336 e. The quantitative estimate of drug-likeness (QED) is 0.381. The van der Waals surface area contributed by atoms with E-state index in [1.807, 2.05) is 0 Å². The van der Waals surface area contributed by atoms with Gasteiger partial charge in [-0.1, -0.05) is 6.08 Å². The molecule has 0 radical (unpaired) electrons. The van der Waals surface area contributed by atoms with Crippen molar-refractivity contribution in [3.05, 3.63) is 51.6 Å². The molecule has 12 heteroatoms. The van der Waals surface area contributed by atoms with E-state index in [0.29, 0.717) is 18.2 Å². The van der Waals surface area contributed by atoms with Crippen molar-refractivity contribution >= 4 is 52.2 Å². The molecule has 0 aliphatic heterocycles. The molecule has 0 fully saturated rings. The monoisotopic (exact) mass is 430 g/mol. The van der Waals surface area contributed by atoms with E-state index in [1.54, 1.807) is 0 Å². The molecule has 2 aromatic rings. The van der Waals surface area contributed by atoms with Gasteiger partial charge in [-0.2, -0.15) is 0 Å². The zero-order valence-corrected chi connectivity index (χ0v) is 14.9. The Bertz CT molecular complexity index is 1280. The van der Waals surface area contributed by atoms with Crippen LogP contribution in [-0.4, -0.2) is 66.5 Å². The molecule has 0 bridgehead atoms. The zero-order chi connectivity index (χ0) is 23.4. The second kappa shape index (κ2) is 6.95. The number of aliphatic carboxylic acids is 2. The van der Waals surface area contributed by atoms with Gasteiger partial charge in [-0.25, -0.2) is 24.0 Å². The fourth-order valence-electron chi connectivity index (χ4n) is 3.65. The van der Waals surface area contributed by atoms with Crippen molar-refractivity contribution in [1.29, 1.82) is 0 Å². The van der Waals surface area contributed by atoms with Crippen LogP contribution in [0.5, 0.6) is 0 Å². The molecule has 3 rings (SSSR count). The van der Waals surface area contributed by atoms with Crippen molar-refractivity contribution in [2.45, 2.75) is 5.92 Å². The van der Waals surface area contributed by atoms with Crippen molar-refractivity contribution in [3.63, 3.8) is 0 Å². The van der Waals surface area contributed by atoms with Crippen LogP contribution in [0.15, 0.2) is 18.2 Å². The first-order valence-corrected chi connectivity index (χ1v) is 8.17. The molecule has 0 saturated heterocycles. The highest BCUT2D eigenvalue weighted by molar-refractivity contribution is 6.29. The summed E-state index contributed by atoms with van der Waals surface area (Å²) in [7, 11) is 0. The number of hydrogen-bond acceptors (Lipinski definition) is 6. The maximum atomic E-state index is 11.8. The van der Waals surface area contributed by atoms with Crippen LogP contribution in [0.4, 0.5) is 0 Å². The summed E-state index contributed by atoms with van der Waals surface area (Å²) in [4.78, 5) is 70.8. The molecule has 0 spiro atoms. The average Bonchev–Trinajstić information content (AvgIpc) is 2.66. The Kier molecular flexibility index (Phi) is 4.70. The molecular weight excluding hydrogens is 420 g/mol. The summed E-state index contributed by atoms with van der Waals surface area (Å²) < 4.78 is 0. The number of rotatable bonds is 6. The van der Waals surface area contributed by atoms with Crippen LogP contribution in [0.1, 0.15) is 58.5 Å². The van der Waals surface area contributed by atoms with E-state index in [9.17, 15) is 59.4 Å². The zero-order valence-electron chi connectivity index (χ0n) is 14.9. The first kappa shape index (κ1) is 21.0. The molecule has 1 aliphatic carbocycles. The standard InChI is InChI=1S/C19H10O12/c20-14(21)4-1-5(15(22)23)11-7(17(26)27)3-9(19(30)31)12-8(18(28)29)2-6(16(24)25)10(4)13(11)12/h1-4H,(H,20,21)(H,22,23)(H,24,25)(H,26,27)(H,28,29)(H,30,31). The van der Waals surface area contributed by atoms with Gasteiger partial charge in [-0.15, -0.1) is 0 Å². The van der Waals surface area contributed by atoms with E-state index in [-0.39, 0.29) is 0 Å². The average molecular weight is 430 g/mol. The Morgan fingerprint density at radius 1 is 0.581 bits per heavy atom. The minimum absolute atomic E-state index is 0.552. The third-order valence-corrected chi connectivity index (χ3v) is 4.78. The number of carboxylic acids is 6. The summed E-state index contributed by atoms with van der Waals surface area (Å²) in [5, 5.41) is 56.0. The predicted octanol–water partition coefficient (Wildman–Crippen LogP) is 1.28. The van der Waals surface area contributed by atoms with Crippen LogP contribution < -0.4 is 0 Å². The first-order chi connectivity index (χ1) is 14.4. The molecule has 2 aromatic carbocycles. The summed E-state index contributed by atoms with van der Waals surface area (Å²) in [6.07, 6.45) is 0.627. The van der Waals surface area contributed by atoms with Crippen molar-refractivity contribution in [2.24, 2.45) is 0 Å². The molecule has 1 atom stereocenters. The number of carbonyl (C=O) groups is 6. The molecule has 12 nitrogen and oxygen atoms in total. The third-order valence-electron chi connectivity index (χ3n) is 4.78. The van der Waals surface area contributed by atoms with Gasteiger partial charge in [-0.05, 0) is 23.1 Å². The van der Waals surface area contributed by atoms with E-state index < -0.39 is 91.5 Å². The van der Waals surface area contributed by atoms with E-state index in [1.165, 1.54) is 0 Å². The molecule has 1 aliphatic rings. The lowest BCUT2D eigenvalue weighted by molar-refractivity contribution is -0.137. The van der Waals surface area contributed by atoms with Crippen molar-refractivity contribution < 1.29 is 59.4 Å². The molecule has 1 unspecified atom stereocenters. The van der Waals surface area contributed by atoms with Crippen LogP contribution in [-0.2, 0) is 9.59 Å². The first-order valence-electron chi connectivity index (χ1n) is 8.17. The van der Waals surface area contributed by atoms with Gasteiger partial charge in [-0.3, -0.25) is 4.79 Å². The number of aromatic carboxylic acids is 4. The minimum atomic E-state index is -1.93. The molecule has 0 saturated carbocycles. The Balaban J connectivity index is 2.83. The summed E-state index contributed by atoms with van der Waals surface area (Å²) in [6, 6.07) is 1.12. The van der Waals surface area contributed by atoms with Gasteiger partial charge < -0.3 is 30.6 Å². The molecule has 31 heavy (non-hydrogen) atoms. The highest BCUT2D eigenvalue weighted by Gasteiger charge is 2.39. The molecular formula is C19H10O12. The summed E-state index contributed by atoms with van der Waals surface area (Å²) >= 11 is 0. The van der Waals surface area contributed by atoms with E-state index >= 15 is 0 Å². The van der Waals surface area contributed by atoms with Gasteiger partial charge in [0.15, 0.2) is 0 Å². The molecule has 0 heterocycles. The highest BCUT2D eigenvalue weighted by Crippen LogP contribution is 2.45. The van der Waals surface area contributed by atoms with Crippen LogP contribution in [0.2, 0.25) is 0 Å². The molecule has 0 aromatic heterocycles. The van der Waals surface area contributed by atoms with Gasteiger partial charge in [0, 0.05) is 10.9 Å². The van der Waals surface area contributed by atoms with Gasteiger partial charge >= 0.3 is 35.8 Å². The van der Waals surface area contributed by atoms with Crippen LogP contribution in [0, 0.1) is 0 Å². The molecule has 6 N–H and O–H groups in total. The predicted molar refractivity (Wildman–Crippen MR) is 97.8 cm³/mol.